The lowest BCUT2D eigenvalue weighted by Crippen LogP contribution is -2.39. The van der Waals surface area contributed by atoms with E-state index in [0.717, 1.165) is 41.6 Å². The standard InChI is InChI=1S/C27H28N6O3S/c1-16(2)27(34)31-19-11-7-18(8-12-19)24-22(23-25(28)29-15-30-26(23)33(24)3)17-9-13-21(14-10-17)37(35,36)32-20-5-4-6-20/h7-15,20,32H,1,4-6H2,2-3H3,(H,31,34)(H2,28,29,30). The summed E-state index contributed by atoms with van der Waals surface area (Å²) in [6, 6.07) is 14.2. The SMILES string of the molecule is C=C(C)C(=O)Nc1ccc(-c2c(-c3ccc(S(=O)(=O)NC4CCC4)cc3)c3c(N)ncnc3n2C)cc1. The van der Waals surface area contributed by atoms with Crippen LogP contribution in [0.1, 0.15) is 26.2 Å². The number of nitrogens with one attached hydrogen (secondary N) is 2. The van der Waals surface area contributed by atoms with Crippen molar-refractivity contribution in [3.05, 3.63) is 67.0 Å². The molecule has 1 saturated carbocycles. The van der Waals surface area contributed by atoms with Crippen LogP contribution in [0.2, 0.25) is 0 Å². The van der Waals surface area contributed by atoms with Crippen molar-refractivity contribution in [2.24, 2.45) is 7.05 Å². The van der Waals surface area contributed by atoms with Crippen molar-refractivity contribution < 1.29 is 13.2 Å². The Morgan fingerprint density at radius 1 is 1.05 bits per heavy atom. The minimum atomic E-state index is -3.59. The van der Waals surface area contributed by atoms with Gasteiger partial charge in [0.2, 0.25) is 10.0 Å². The second kappa shape index (κ2) is 9.45. The first-order chi connectivity index (χ1) is 17.7. The molecular weight excluding hydrogens is 488 g/mol. The van der Waals surface area contributed by atoms with Crippen LogP contribution in [0.3, 0.4) is 0 Å². The van der Waals surface area contributed by atoms with E-state index >= 15 is 0 Å². The number of carbonyl (C=O) groups excluding carboxylic acids is 1. The van der Waals surface area contributed by atoms with Crippen molar-refractivity contribution in [1.29, 1.82) is 0 Å². The van der Waals surface area contributed by atoms with E-state index in [-0.39, 0.29) is 16.8 Å². The molecule has 37 heavy (non-hydrogen) atoms. The van der Waals surface area contributed by atoms with Crippen LogP contribution in [0, 0.1) is 0 Å². The molecule has 1 amide bonds. The molecule has 1 fully saturated rings. The lowest BCUT2D eigenvalue weighted by atomic mass is 9.94. The van der Waals surface area contributed by atoms with Crippen LogP contribution in [0.4, 0.5) is 11.5 Å². The number of benzene rings is 2. The van der Waals surface area contributed by atoms with Crippen molar-refractivity contribution in [3.63, 3.8) is 0 Å². The zero-order chi connectivity index (χ0) is 26.3. The van der Waals surface area contributed by atoms with E-state index in [1.165, 1.54) is 6.33 Å². The number of hydrogen-bond acceptors (Lipinski definition) is 6. The third-order valence-corrected chi connectivity index (χ3v) is 8.22. The van der Waals surface area contributed by atoms with Gasteiger partial charge in [-0.15, -0.1) is 0 Å². The number of anilines is 2. The fourth-order valence-electron chi connectivity index (χ4n) is 4.46. The fourth-order valence-corrected chi connectivity index (χ4v) is 5.76. The average molecular weight is 517 g/mol. The van der Waals surface area contributed by atoms with Crippen LogP contribution in [0.25, 0.3) is 33.4 Å². The van der Waals surface area contributed by atoms with Gasteiger partial charge in [-0.3, -0.25) is 4.79 Å². The predicted molar refractivity (Wildman–Crippen MR) is 145 cm³/mol. The molecule has 190 valence electrons. The minimum absolute atomic E-state index is 0.00874. The Morgan fingerprint density at radius 2 is 1.70 bits per heavy atom. The second-order valence-electron chi connectivity index (χ2n) is 9.33. The number of aromatic nitrogens is 3. The maximum Gasteiger partial charge on any atom is 0.250 e. The molecular formula is C27H28N6O3S. The monoisotopic (exact) mass is 516 g/mol. The first-order valence-electron chi connectivity index (χ1n) is 11.9. The van der Waals surface area contributed by atoms with E-state index in [4.69, 9.17) is 5.73 Å². The van der Waals surface area contributed by atoms with Crippen LogP contribution >= 0.6 is 0 Å². The predicted octanol–water partition coefficient (Wildman–Crippen LogP) is 4.23. The number of aryl methyl sites for hydroxylation is 1. The first kappa shape index (κ1) is 24.7. The van der Waals surface area contributed by atoms with E-state index in [1.807, 2.05) is 35.9 Å². The molecule has 1 aliphatic carbocycles. The van der Waals surface area contributed by atoms with Crippen LogP contribution in [-0.2, 0) is 21.9 Å². The number of nitrogen functional groups attached to an aromatic ring is 1. The summed E-state index contributed by atoms with van der Waals surface area (Å²) >= 11 is 0. The van der Waals surface area contributed by atoms with Gasteiger partial charge in [-0.05, 0) is 55.2 Å². The number of sulfonamides is 1. The second-order valence-corrected chi connectivity index (χ2v) is 11.0. The molecule has 0 saturated heterocycles. The van der Waals surface area contributed by atoms with Crippen molar-refractivity contribution in [2.75, 3.05) is 11.1 Å². The van der Waals surface area contributed by atoms with Crippen LogP contribution in [0.5, 0.6) is 0 Å². The molecule has 0 aliphatic heterocycles. The van der Waals surface area contributed by atoms with Crippen molar-refractivity contribution >= 4 is 38.5 Å². The Labute approximate surface area is 215 Å². The quantitative estimate of drug-likeness (QED) is 0.315. The Kier molecular flexibility index (Phi) is 6.30. The van der Waals surface area contributed by atoms with E-state index in [0.29, 0.717) is 28.1 Å². The van der Waals surface area contributed by atoms with E-state index in [2.05, 4.69) is 26.6 Å². The van der Waals surface area contributed by atoms with Gasteiger partial charge in [0, 0.05) is 29.9 Å². The van der Waals surface area contributed by atoms with Crippen molar-refractivity contribution in [1.82, 2.24) is 19.3 Å². The third kappa shape index (κ3) is 4.61. The lowest BCUT2D eigenvalue weighted by molar-refractivity contribution is -0.112. The Hall–Kier alpha value is -4.02. The Balaban J connectivity index is 1.59. The highest BCUT2D eigenvalue weighted by molar-refractivity contribution is 7.89. The van der Waals surface area contributed by atoms with Crippen molar-refractivity contribution in [2.45, 2.75) is 37.1 Å². The normalized spacial score (nSPS) is 13.9. The molecule has 2 heterocycles. The minimum Gasteiger partial charge on any atom is -0.383 e. The molecule has 2 aromatic heterocycles. The highest BCUT2D eigenvalue weighted by atomic mass is 32.2. The molecule has 0 radical (unpaired) electrons. The molecule has 0 atom stereocenters. The van der Waals surface area contributed by atoms with Crippen LogP contribution < -0.4 is 15.8 Å². The number of nitrogens with two attached hydrogens (primary N) is 1. The smallest absolute Gasteiger partial charge is 0.250 e. The molecule has 0 spiro atoms. The van der Waals surface area contributed by atoms with Gasteiger partial charge in [-0.25, -0.2) is 23.1 Å². The van der Waals surface area contributed by atoms with E-state index < -0.39 is 10.0 Å². The average Bonchev–Trinajstić information content (AvgIpc) is 3.15. The molecule has 0 unspecified atom stereocenters. The van der Waals surface area contributed by atoms with Gasteiger partial charge < -0.3 is 15.6 Å². The summed E-state index contributed by atoms with van der Waals surface area (Å²) in [5.41, 5.74) is 11.3. The molecule has 5 rings (SSSR count). The van der Waals surface area contributed by atoms with Gasteiger partial charge in [-0.1, -0.05) is 37.3 Å². The summed E-state index contributed by atoms with van der Waals surface area (Å²) in [7, 11) is -1.70. The van der Waals surface area contributed by atoms with Gasteiger partial charge in [0.15, 0.2) is 0 Å². The number of hydrogen-bond donors (Lipinski definition) is 3. The number of amides is 1. The third-order valence-electron chi connectivity index (χ3n) is 6.68. The summed E-state index contributed by atoms with van der Waals surface area (Å²) in [5, 5.41) is 3.49. The topological polar surface area (TPSA) is 132 Å². The van der Waals surface area contributed by atoms with Crippen LogP contribution in [0.15, 0.2) is 71.9 Å². The van der Waals surface area contributed by atoms with Gasteiger partial charge in [0.1, 0.15) is 17.8 Å². The van der Waals surface area contributed by atoms with Gasteiger partial charge in [0.05, 0.1) is 16.0 Å². The zero-order valence-electron chi connectivity index (χ0n) is 20.7. The molecule has 4 N–H and O–H groups in total. The zero-order valence-corrected chi connectivity index (χ0v) is 21.5. The summed E-state index contributed by atoms with van der Waals surface area (Å²) in [5.74, 6) is 0.0819. The van der Waals surface area contributed by atoms with E-state index in [9.17, 15) is 13.2 Å². The van der Waals surface area contributed by atoms with Gasteiger partial charge in [0.25, 0.3) is 5.91 Å². The summed E-state index contributed by atoms with van der Waals surface area (Å²) in [4.78, 5) is 20.9. The maximum absolute atomic E-state index is 12.8. The summed E-state index contributed by atoms with van der Waals surface area (Å²) in [6.07, 6.45) is 4.20. The Morgan fingerprint density at radius 3 is 2.30 bits per heavy atom. The van der Waals surface area contributed by atoms with E-state index in [1.54, 1.807) is 31.2 Å². The van der Waals surface area contributed by atoms with Gasteiger partial charge in [-0.2, -0.15) is 0 Å². The first-order valence-corrected chi connectivity index (χ1v) is 13.4. The molecule has 10 heteroatoms. The fraction of sp³-hybridized carbons (Fsp3) is 0.222. The number of rotatable bonds is 7. The lowest BCUT2D eigenvalue weighted by Gasteiger charge is -2.26. The molecule has 9 nitrogen and oxygen atoms in total. The summed E-state index contributed by atoms with van der Waals surface area (Å²) < 4.78 is 30.3. The van der Waals surface area contributed by atoms with Crippen molar-refractivity contribution in [3.8, 4) is 22.4 Å². The van der Waals surface area contributed by atoms with Gasteiger partial charge >= 0.3 is 0 Å². The molecule has 1 aliphatic rings. The highest BCUT2D eigenvalue weighted by Gasteiger charge is 2.26. The van der Waals surface area contributed by atoms with Crippen LogP contribution in [-0.4, -0.2) is 34.9 Å². The Bertz CT molecular complexity index is 1620. The molecule has 0 bridgehead atoms. The summed E-state index contributed by atoms with van der Waals surface area (Å²) in [6.45, 7) is 5.32. The maximum atomic E-state index is 12.8. The number of nitrogens with zero attached hydrogens (tertiary/aromatic N) is 3. The number of fused-ring (bicyclic) bond motifs is 1. The molecule has 2 aromatic carbocycles. The number of carbonyl (C=O) groups is 1. The largest absolute Gasteiger partial charge is 0.383 e. The molecule has 4 aromatic rings. The highest BCUT2D eigenvalue weighted by Crippen LogP contribution is 2.42.